The van der Waals surface area contributed by atoms with E-state index < -0.39 is 0 Å². The van der Waals surface area contributed by atoms with Crippen LogP contribution in [0, 0.1) is 11.3 Å². The molecule has 0 saturated carbocycles. The van der Waals surface area contributed by atoms with Crippen LogP contribution in [0.5, 0.6) is 0 Å². The Morgan fingerprint density at radius 3 is 2.69 bits per heavy atom. The number of likely N-dealkylation sites (tertiary alicyclic amines) is 1. The van der Waals surface area contributed by atoms with E-state index in [1.54, 1.807) is 0 Å². The van der Waals surface area contributed by atoms with E-state index in [1.165, 1.54) is 38.9 Å². The molecule has 1 atom stereocenters. The minimum absolute atomic E-state index is 0.584. The topological polar surface area (TPSA) is 39.1 Å². The predicted molar refractivity (Wildman–Crippen MR) is 67.2 cm³/mol. The maximum absolute atomic E-state index is 8.41. The van der Waals surface area contributed by atoms with Gasteiger partial charge < -0.3 is 10.2 Å². The van der Waals surface area contributed by atoms with Crippen LogP contribution in [-0.2, 0) is 0 Å². The van der Waals surface area contributed by atoms with Gasteiger partial charge in [-0.3, -0.25) is 0 Å². The summed E-state index contributed by atoms with van der Waals surface area (Å²) in [6.45, 7) is 7.05. The number of nitrogens with one attached hydrogen (secondary N) is 1. The summed E-state index contributed by atoms with van der Waals surface area (Å²) in [5.41, 5.74) is 0. The van der Waals surface area contributed by atoms with E-state index in [1.807, 2.05) is 0 Å². The molecule has 0 aliphatic carbocycles. The van der Waals surface area contributed by atoms with Gasteiger partial charge in [-0.05, 0) is 52.2 Å². The lowest BCUT2D eigenvalue weighted by Gasteiger charge is -2.29. The predicted octanol–water partition coefficient (Wildman–Crippen LogP) is 2.14. The average Bonchev–Trinajstić information content (AvgIpc) is 2.30. The van der Waals surface area contributed by atoms with E-state index >= 15 is 0 Å². The highest BCUT2D eigenvalue weighted by Crippen LogP contribution is 2.08. The van der Waals surface area contributed by atoms with Gasteiger partial charge in [-0.15, -0.1) is 0 Å². The number of unbranched alkanes of at least 4 members (excludes halogenated alkanes) is 2. The molecule has 1 N–H and O–H groups in total. The van der Waals surface area contributed by atoms with E-state index in [0.29, 0.717) is 12.5 Å². The molecule has 92 valence electrons. The van der Waals surface area contributed by atoms with Crippen molar-refractivity contribution in [2.75, 3.05) is 26.2 Å². The molecule has 3 nitrogen and oxygen atoms in total. The van der Waals surface area contributed by atoms with E-state index in [4.69, 9.17) is 5.26 Å². The zero-order valence-corrected chi connectivity index (χ0v) is 10.5. The first-order valence-electron chi connectivity index (χ1n) is 6.65. The minimum Gasteiger partial charge on any atom is -0.313 e. The number of hydrogen-bond acceptors (Lipinski definition) is 3. The largest absolute Gasteiger partial charge is 0.313 e. The quantitative estimate of drug-likeness (QED) is 0.672. The number of rotatable bonds is 7. The molecule has 3 heteroatoms. The van der Waals surface area contributed by atoms with Crippen molar-refractivity contribution in [3.8, 4) is 6.07 Å². The van der Waals surface area contributed by atoms with Crippen LogP contribution >= 0.6 is 0 Å². The number of nitriles is 1. The summed E-state index contributed by atoms with van der Waals surface area (Å²) in [5, 5.41) is 12.0. The van der Waals surface area contributed by atoms with Gasteiger partial charge in [0.2, 0.25) is 0 Å². The van der Waals surface area contributed by atoms with Gasteiger partial charge in [0.05, 0.1) is 6.07 Å². The third-order valence-electron chi connectivity index (χ3n) is 3.19. The number of piperidine rings is 1. The molecule has 0 amide bonds. The van der Waals surface area contributed by atoms with E-state index in [-0.39, 0.29) is 0 Å². The molecular weight excluding hydrogens is 198 g/mol. The van der Waals surface area contributed by atoms with Crippen LogP contribution in [0.4, 0.5) is 0 Å². The zero-order chi connectivity index (χ0) is 11.6. The molecule has 1 rings (SSSR count). The van der Waals surface area contributed by atoms with Crippen molar-refractivity contribution >= 4 is 0 Å². The summed E-state index contributed by atoms with van der Waals surface area (Å²) in [6.07, 6.45) is 7.00. The highest BCUT2D eigenvalue weighted by atomic mass is 15.1. The Hall–Kier alpha value is -0.590. The van der Waals surface area contributed by atoms with Gasteiger partial charge in [0.1, 0.15) is 0 Å². The second kappa shape index (κ2) is 8.55. The Bertz CT molecular complexity index is 204. The Morgan fingerprint density at radius 2 is 2.00 bits per heavy atom. The van der Waals surface area contributed by atoms with Gasteiger partial charge in [0, 0.05) is 19.0 Å². The average molecular weight is 223 g/mol. The molecule has 0 radical (unpaired) electrons. The first-order valence-corrected chi connectivity index (χ1v) is 6.65. The smallest absolute Gasteiger partial charge is 0.0621 e. The maximum Gasteiger partial charge on any atom is 0.0621 e. The lowest BCUT2D eigenvalue weighted by atomic mass is 10.1. The highest BCUT2D eigenvalue weighted by molar-refractivity contribution is 4.72. The normalized spacial score (nSPS) is 19.2. The zero-order valence-electron chi connectivity index (χ0n) is 10.5. The molecule has 0 aromatic rings. The molecule has 0 spiro atoms. The minimum atomic E-state index is 0.584. The van der Waals surface area contributed by atoms with Crippen LogP contribution in [0.15, 0.2) is 0 Å². The maximum atomic E-state index is 8.41. The molecule has 1 saturated heterocycles. The lowest BCUT2D eigenvalue weighted by Crippen LogP contribution is -2.41. The lowest BCUT2D eigenvalue weighted by molar-refractivity contribution is 0.209. The van der Waals surface area contributed by atoms with Crippen LogP contribution in [0.2, 0.25) is 0 Å². The van der Waals surface area contributed by atoms with Crippen LogP contribution in [0.25, 0.3) is 0 Å². The van der Waals surface area contributed by atoms with Crippen LogP contribution in [-0.4, -0.2) is 37.1 Å². The molecule has 1 aliphatic rings. The van der Waals surface area contributed by atoms with Crippen molar-refractivity contribution < 1.29 is 0 Å². The Labute approximate surface area is 99.8 Å². The second-order valence-corrected chi connectivity index (χ2v) is 4.83. The summed E-state index contributed by atoms with van der Waals surface area (Å²) in [5.74, 6) is 0. The summed E-state index contributed by atoms with van der Waals surface area (Å²) in [7, 11) is 0. The molecule has 1 aliphatic heterocycles. The molecule has 0 aromatic heterocycles. The van der Waals surface area contributed by atoms with Crippen molar-refractivity contribution in [2.45, 2.75) is 51.5 Å². The monoisotopic (exact) mass is 223 g/mol. The third kappa shape index (κ3) is 6.09. The standard InChI is InChI=1S/C13H25N3/c1-13(15-9-5-2-4-8-14)12-16-10-6-3-7-11-16/h13,15H,2-7,9-12H2,1H3. The van der Waals surface area contributed by atoms with Gasteiger partial charge in [-0.1, -0.05) is 6.42 Å². The molecule has 0 aromatic carbocycles. The first kappa shape index (κ1) is 13.5. The van der Waals surface area contributed by atoms with E-state index in [9.17, 15) is 0 Å². The molecule has 1 fully saturated rings. The highest BCUT2D eigenvalue weighted by Gasteiger charge is 2.12. The second-order valence-electron chi connectivity index (χ2n) is 4.83. The van der Waals surface area contributed by atoms with Gasteiger partial charge in [0.15, 0.2) is 0 Å². The SMILES string of the molecule is CC(CN1CCCCC1)NCCCCC#N. The number of nitrogens with zero attached hydrogens (tertiary/aromatic N) is 2. The molecular formula is C13H25N3. The first-order chi connectivity index (χ1) is 7.83. The van der Waals surface area contributed by atoms with Gasteiger partial charge in [0.25, 0.3) is 0 Å². The van der Waals surface area contributed by atoms with Gasteiger partial charge in [-0.25, -0.2) is 0 Å². The van der Waals surface area contributed by atoms with Crippen LogP contribution in [0.3, 0.4) is 0 Å². The fourth-order valence-electron chi connectivity index (χ4n) is 2.27. The fourth-order valence-corrected chi connectivity index (χ4v) is 2.27. The Morgan fingerprint density at radius 1 is 1.25 bits per heavy atom. The Balaban J connectivity index is 1.97. The number of hydrogen-bond donors (Lipinski definition) is 1. The summed E-state index contributed by atoms with van der Waals surface area (Å²) < 4.78 is 0. The van der Waals surface area contributed by atoms with E-state index in [0.717, 1.165) is 19.4 Å². The van der Waals surface area contributed by atoms with Crippen molar-refractivity contribution in [1.82, 2.24) is 10.2 Å². The fraction of sp³-hybridized carbons (Fsp3) is 0.923. The van der Waals surface area contributed by atoms with Crippen molar-refractivity contribution in [2.24, 2.45) is 0 Å². The van der Waals surface area contributed by atoms with Crippen LogP contribution in [0.1, 0.15) is 45.4 Å². The summed E-state index contributed by atoms with van der Waals surface area (Å²) in [4.78, 5) is 2.57. The van der Waals surface area contributed by atoms with Crippen molar-refractivity contribution in [3.63, 3.8) is 0 Å². The third-order valence-corrected chi connectivity index (χ3v) is 3.19. The Kier molecular flexibility index (Phi) is 7.20. The van der Waals surface area contributed by atoms with Gasteiger partial charge in [-0.2, -0.15) is 5.26 Å². The van der Waals surface area contributed by atoms with Crippen LogP contribution < -0.4 is 5.32 Å². The summed E-state index contributed by atoms with van der Waals surface area (Å²) >= 11 is 0. The van der Waals surface area contributed by atoms with E-state index in [2.05, 4.69) is 23.2 Å². The molecule has 0 bridgehead atoms. The van der Waals surface area contributed by atoms with Crippen molar-refractivity contribution in [1.29, 1.82) is 5.26 Å². The molecule has 16 heavy (non-hydrogen) atoms. The molecule has 1 heterocycles. The van der Waals surface area contributed by atoms with Crippen molar-refractivity contribution in [3.05, 3.63) is 0 Å². The van der Waals surface area contributed by atoms with Gasteiger partial charge >= 0.3 is 0 Å². The molecule has 1 unspecified atom stereocenters. The summed E-state index contributed by atoms with van der Waals surface area (Å²) in [6, 6.07) is 2.77.